The van der Waals surface area contributed by atoms with E-state index in [-0.39, 0.29) is 5.91 Å². The lowest BCUT2D eigenvalue weighted by atomic mass is 10.1. The molecule has 0 atom stereocenters. The third-order valence-corrected chi connectivity index (χ3v) is 4.17. The Morgan fingerprint density at radius 3 is 2.45 bits per heavy atom. The van der Waals surface area contributed by atoms with E-state index in [1.54, 1.807) is 0 Å². The summed E-state index contributed by atoms with van der Waals surface area (Å²) >= 11 is 0. The van der Waals surface area contributed by atoms with Gasteiger partial charge in [0, 0.05) is 5.69 Å². The largest absolute Gasteiger partial charge is 0.325 e. The number of imide groups is 1. The van der Waals surface area contributed by atoms with E-state index in [1.165, 1.54) is 12.8 Å². The molecule has 0 aliphatic carbocycles. The lowest BCUT2D eigenvalue weighted by Gasteiger charge is -2.18. The number of carbonyl (C=O) groups excluding carboxylic acids is 2. The fourth-order valence-electron chi connectivity index (χ4n) is 2.70. The molecule has 1 aliphatic rings. The van der Waals surface area contributed by atoms with Gasteiger partial charge in [0.2, 0.25) is 5.91 Å². The third-order valence-electron chi connectivity index (χ3n) is 4.17. The Morgan fingerprint density at radius 1 is 1.09 bits per heavy atom. The lowest BCUT2D eigenvalue weighted by molar-refractivity contribution is -0.121. The maximum atomic E-state index is 12.0. The summed E-state index contributed by atoms with van der Waals surface area (Å²) in [5.41, 5.74) is 2.85. The van der Waals surface area contributed by atoms with Crippen LogP contribution in [0.3, 0.4) is 0 Å². The summed E-state index contributed by atoms with van der Waals surface area (Å²) in [6.07, 6.45) is 4.71. The number of hydrogen-bond acceptors (Lipinski definition) is 3. The second-order valence-electron chi connectivity index (χ2n) is 5.94. The van der Waals surface area contributed by atoms with E-state index in [2.05, 4.69) is 15.5 Å². The normalized spacial score (nSPS) is 15.9. The highest BCUT2D eigenvalue weighted by Crippen LogP contribution is 2.17. The molecule has 1 aliphatic heterocycles. The monoisotopic (exact) mass is 303 g/mol. The Kier molecular flexibility index (Phi) is 5.95. The van der Waals surface area contributed by atoms with Gasteiger partial charge < -0.3 is 5.32 Å². The Morgan fingerprint density at radius 2 is 1.77 bits per heavy atom. The van der Waals surface area contributed by atoms with Gasteiger partial charge in [-0.15, -0.1) is 0 Å². The molecule has 5 nitrogen and oxygen atoms in total. The van der Waals surface area contributed by atoms with Crippen LogP contribution in [0.4, 0.5) is 10.5 Å². The second kappa shape index (κ2) is 7.94. The van der Waals surface area contributed by atoms with Crippen LogP contribution in [-0.4, -0.2) is 36.5 Å². The molecule has 0 unspecified atom stereocenters. The number of urea groups is 1. The molecule has 1 saturated heterocycles. The van der Waals surface area contributed by atoms with Gasteiger partial charge in [-0.2, -0.15) is 0 Å². The van der Waals surface area contributed by atoms with Gasteiger partial charge >= 0.3 is 6.03 Å². The summed E-state index contributed by atoms with van der Waals surface area (Å²) in [4.78, 5) is 26.0. The van der Waals surface area contributed by atoms with E-state index in [4.69, 9.17) is 0 Å². The SMILES string of the molecule is Cc1cccc(NC(=O)NC(=O)CN2CCCCCC2)c1C. The maximum absolute atomic E-state index is 12.0. The minimum Gasteiger partial charge on any atom is -0.307 e. The number of benzene rings is 1. The van der Waals surface area contributed by atoms with E-state index >= 15 is 0 Å². The molecule has 2 N–H and O–H groups in total. The van der Waals surface area contributed by atoms with Crippen LogP contribution in [0, 0.1) is 13.8 Å². The van der Waals surface area contributed by atoms with Gasteiger partial charge in [0.05, 0.1) is 6.54 Å². The predicted molar refractivity (Wildman–Crippen MR) is 88.0 cm³/mol. The van der Waals surface area contributed by atoms with Crippen molar-refractivity contribution >= 4 is 17.6 Å². The molecule has 0 aromatic heterocycles. The highest BCUT2D eigenvalue weighted by atomic mass is 16.2. The quantitative estimate of drug-likeness (QED) is 0.902. The molecule has 3 amide bonds. The van der Waals surface area contributed by atoms with Crippen LogP contribution >= 0.6 is 0 Å². The molecule has 0 radical (unpaired) electrons. The molecule has 120 valence electrons. The van der Waals surface area contributed by atoms with Crippen molar-refractivity contribution in [2.45, 2.75) is 39.5 Å². The number of hydrogen-bond donors (Lipinski definition) is 2. The van der Waals surface area contributed by atoms with Crippen LogP contribution in [0.25, 0.3) is 0 Å². The first kappa shape index (κ1) is 16.5. The first-order valence-corrected chi connectivity index (χ1v) is 7.95. The highest BCUT2D eigenvalue weighted by Gasteiger charge is 2.15. The molecule has 1 heterocycles. The van der Waals surface area contributed by atoms with Gasteiger partial charge in [-0.3, -0.25) is 15.0 Å². The first-order chi connectivity index (χ1) is 10.6. The van der Waals surface area contributed by atoms with E-state index < -0.39 is 6.03 Å². The maximum Gasteiger partial charge on any atom is 0.325 e. The number of rotatable bonds is 3. The van der Waals surface area contributed by atoms with E-state index in [0.29, 0.717) is 6.54 Å². The van der Waals surface area contributed by atoms with Crippen molar-refractivity contribution in [1.29, 1.82) is 0 Å². The van der Waals surface area contributed by atoms with Gasteiger partial charge in [0.15, 0.2) is 0 Å². The summed E-state index contributed by atoms with van der Waals surface area (Å²) in [6.45, 7) is 6.10. The molecule has 0 bridgehead atoms. The van der Waals surface area contributed by atoms with Crippen LogP contribution < -0.4 is 10.6 Å². The Hall–Kier alpha value is -1.88. The molecule has 1 aromatic rings. The van der Waals surface area contributed by atoms with E-state index in [9.17, 15) is 9.59 Å². The van der Waals surface area contributed by atoms with Crippen molar-refractivity contribution < 1.29 is 9.59 Å². The summed E-state index contributed by atoms with van der Waals surface area (Å²) in [6, 6.07) is 5.25. The number of nitrogens with zero attached hydrogens (tertiary/aromatic N) is 1. The van der Waals surface area contributed by atoms with E-state index in [1.807, 2.05) is 32.0 Å². The summed E-state index contributed by atoms with van der Waals surface area (Å²) in [5, 5.41) is 5.15. The zero-order valence-corrected chi connectivity index (χ0v) is 13.4. The molecule has 5 heteroatoms. The second-order valence-corrected chi connectivity index (χ2v) is 5.94. The van der Waals surface area contributed by atoms with Gasteiger partial charge in [-0.1, -0.05) is 25.0 Å². The molecule has 2 rings (SSSR count). The molecule has 0 spiro atoms. The first-order valence-electron chi connectivity index (χ1n) is 7.95. The van der Waals surface area contributed by atoms with Crippen LogP contribution in [-0.2, 0) is 4.79 Å². The van der Waals surface area contributed by atoms with Crippen LogP contribution in [0.15, 0.2) is 18.2 Å². The van der Waals surface area contributed by atoms with E-state index in [0.717, 1.165) is 42.7 Å². The molecule has 22 heavy (non-hydrogen) atoms. The third kappa shape index (κ3) is 4.84. The minimum absolute atomic E-state index is 0.246. The average Bonchev–Trinajstić information content (AvgIpc) is 2.72. The van der Waals surface area contributed by atoms with Crippen LogP contribution in [0.2, 0.25) is 0 Å². The van der Waals surface area contributed by atoms with Crippen molar-refractivity contribution in [3.63, 3.8) is 0 Å². The molecule has 1 fully saturated rings. The topological polar surface area (TPSA) is 61.4 Å². The number of anilines is 1. The number of nitrogens with one attached hydrogen (secondary N) is 2. The predicted octanol–water partition coefficient (Wildman–Crippen LogP) is 2.83. The van der Waals surface area contributed by atoms with Gasteiger partial charge in [0.25, 0.3) is 0 Å². The van der Waals surface area contributed by atoms with Gasteiger partial charge in [-0.25, -0.2) is 4.79 Å². The fourth-order valence-corrected chi connectivity index (χ4v) is 2.70. The smallest absolute Gasteiger partial charge is 0.307 e. The molecule has 0 saturated carbocycles. The zero-order chi connectivity index (χ0) is 15.9. The summed E-state index contributed by atoms with van der Waals surface area (Å²) < 4.78 is 0. The number of aryl methyl sites for hydroxylation is 1. The van der Waals surface area contributed by atoms with Gasteiger partial charge in [0.1, 0.15) is 0 Å². The molecule has 1 aromatic carbocycles. The number of likely N-dealkylation sites (tertiary alicyclic amines) is 1. The fraction of sp³-hybridized carbons (Fsp3) is 0.529. The zero-order valence-electron chi connectivity index (χ0n) is 13.4. The van der Waals surface area contributed by atoms with Crippen molar-refractivity contribution in [3.05, 3.63) is 29.3 Å². The Bertz CT molecular complexity index is 535. The molecular formula is C17H25N3O2. The van der Waals surface area contributed by atoms with Gasteiger partial charge in [-0.05, 0) is 57.0 Å². The Balaban J connectivity index is 1.83. The van der Waals surface area contributed by atoms with Crippen molar-refractivity contribution in [2.75, 3.05) is 25.0 Å². The minimum atomic E-state index is -0.464. The number of carbonyl (C=O) groups is 2. The Labute approximate surface area is 132 Å². The molecular weight excluding hydrogens is 278 g/mol. The van der Waals surface area contributed by atoms with Crippen molar-refractivity contribution in [2.24, 2.45) is 0 Å². The van der Waals surface area contributed by atoms with Crippen molar-refractivity contribution in [3.8, 4) is 0 Å². The highest BCUT2D eigenvalue weighted by molar-refractivity contribution is 6.02. The number of amides is 3. The average molecular weight is 303 g/mol. The lowest BCUT2D eigenvalue weighted by Crippen LogP contribution is -2.42. The van der Waals surface area contributed by atoms with Crippen molar-refractivity contribution in [1.82, 2.24) is 10.2 Å². The van der Waals surface area contributed by atoms with Crippen LogP contribution in [0.1, 0.15) is 36.8 Å². The van der Waals surface area contributed by atoms with Crippen LogP contribution in [0.5, 0.6) is 0 Å². The summed E-state index contributed by atoms with van der Waals surface area (Å²) in [5.74, 6) is -0.246. The summed E-state index contributed by atoms with van der Waals surface area (Å²) in [7, 11) is 0. The standard InChI is InChI=1S/C17H25N3O2/c1-13-8-7-9-15(14(13)2)18-17(22)19-16(21)12-20-10-5-3-4-6-11-20/h7-9H,3-6,10-12H2,1-2H3,(H2,18,19,21,22).